The zero-order valence-electron chi connectivity index (χ0n) is 19.8. The maximum absolute atomic E-state index is 13.7. The topological polar surface area (TPSA) is 118 Å². The van der Waals surface area contributed by atoms with Gasteiger partial charge in [-0.3, -0.25) is 9.48 Å². The molecule has 0 saturated carbocycles. The summed E-state index contributed by atoms with van der Waals surface area (Å²) in [5, 5.41) is 7.66. The molecule has 180 valence electrons. The van der Waals surface area contributed by atoms with Gasteiger partial charge in [-0.1, -0.05) is 13.8 Å². The van der Waals surface area contributed by atoms with Gasteiger partial charge in [-0.05, 0) is 43.6 Å². The highest BCUT2D eigenvalue weighted by molar-refractivity contribution is 7.09. The fourth-order valence-electron chi connectivity index (χ4n) is 4.85. The van der Waals surface area contributed by atoms with Gasteiger partial charge in [-0.15, -0.1) is 11.3 Å². The maximum atomic E-state index is 13.7. The maximum Gasteiger partial charge on any atom is 0.220 e. The lowest BCUT2D eigenvalue weighted by atomic mass is 9.72. The minimum atomic E-state index is -0.322. The lowest BCUT2D eigenvalue weighted by Gasteiger charge is -2.31. The molecule has 1 saturated heterocycles. The van der Waals surface area contributed by atoms with E-state index in [4.69, 9.17) is 20.3 Å². The molecule has 4 heterocycles. The highest BCUT2D eigenvalue weighted by Crippen LogP contribution is 2.43. The van der Waals surface area contributed by atoms with Gasteiger partial charge in [0.25, 0.3) is 0 Å². The molecule has 1 aliphatic carbocycles. The van der Waals surface area contributed by atoms with Crippen molar-refractivity contribution in [3.05, 3.63) is 39.1 Å². The second-order valence-corrected chi connectivity index (χ2v) is 10.6. The van der Waals surface area contributed by atoms with Crippen molar-refractivity contribution in [1.82, 2.24) is 24.7 Å². The number of ketones is 1. The minimum absolute atomic E-state index is 0.00410. The Morgan fingerprint density at radius 2 is 2.18 bits per heavy atom. The van der Waals surface area contributed by atoms with Crippen LogP contribution in [0.15, 0.2) is 11.6 Å². The van der Waals surface area contributed by atoms with E-state index < -0.39 is 0 Å². The molecule has 0 aromatic carbocycles. The van der Waals surface area contributed by atoms with E-state index in [1.807, 2.05) is 12.3 Å². The van der Waals surface area contributed by atoms with Gasteiger partial charge in [-0.25, -0.2) is 15.0 Å². The molecule has 0 amide bonds. The lowest BCUT2D eigenvalue weighted by Crippen LogP contribution is -2.29. The number of ether oxygens (including phenoxy) is 2. The van der Waals surface area contributed by atoms with Crippen molar-refractivity contribution in [2.45, 2.75) is 71.1 Å². The van der Waals surface area contributed by atoms with E-state index in [0.29, 0.717) is 36.7 Å². The van der Waals surface area contributed by atoms with Crippen molar-refractivity contribution in [2.24, 2.45) is 0 Å². The van der Waals surface area contributed by atoms with Crippen LogP contribution >= 0.6 is 11.3 Å². The molecule has 5 rings (SSSR count). The predicted octanol–water partition coefficient (Wildman–Crippen LogP) is 3.49. The van der Waals surface area contributed by atoms with Crippen molar-refractivity contribution in [1.29, 1.82) is 0 Å². The molecule has 0 spiro atoms. The summed E-state index contributed by atoms with van der Waals surface area (Å²) in [6, 6.07) is 0. The van der Waals surface area contributed by atoms with Crippen LogP contribution in [0.25, 0.3) is 11.4 Å². The number of aryl methyl sites for hydroxylation is 1. The molecule has 0 bridgehead atoms. The van der Waals surface area contributed by atoms with Gasteiger partial charge in [0.1, 0.15) is 16.4 Å². The van der Waals surface area contributed by atoms with Crippen LogP contribution in [0.1, 0.15) is 65.4 Å². The van der Waals surface area contributed by atoms with Gasteiger partial charge in [0.05, 0.1) is 25.3 Å². The molecular formula is C24H30N6O3S. The number of Topliss-reactive ketones (excluding diaryl/α,β-unsaturated/α-hetero) is 1. The van der Waals surface area contributed by atoms with Crippen LogP contribution in [0.2, 0.25) is 0 Å². The van der Waals surface area contributed by atoms with Crippen molar-refractivity contribution in [2.75, 3.05) is 18.9 Å². The average Bonchev–Trinajstić information content (AvgIpc) is 3.39. The summed E-state index contributed by atoms with van der Waals surface area (Å²) < 4.78 is 13.4. The van der Waals surface area contributed by atoms with Gasteiger partial charge >= 0.3 is 0 Å². The molecule has 1 fully saturated rings. The minimum Gasteiger partial charge on any atom is -0.368 e. The summed E-state index contributed by atoms with van der Waals surface area (Å²) in [4.78, 5) is 26.9. The van der Waals surface area contributed by atoms with E-state index in [1.165, 1.54) is 11.3 Å². The molecule has 2 N–H and O–H groups in total. The van der Waals surface area contributed by atoms with Crippen molar-refractivity contribution in [3.8, 4) is 11.4 Å². The number of hydrogen-bond donors (Lipinski definition) is 1. The predicted molar refractivity (Wildman–Crippen MR) is 129 cm³/mol. The Labute approximate surface area is 202 Å². The number of nitrogens with zero attached hydrogens (tertiary/aromatic N) is 5. The van der Waals surface area contributed by atoms with Gasteiger partial charge in [-0.2, -0.15) is 5.10 Å². The van der Waals surface area contributed by atoms with Crippen LogP contribution < -0.4 is 5.73 Å². The second kappa shape index (κ2) is 9.16. The van der Waals surface area contributed by atoms with Crippen LogP contribution in [-0.4, -0.2) is 50.0 Å². The number of hydrogen-bond acceptors (Lipinski definition) is 9. The number of carbonyl (C=O) groups excluding carboxylic acids is 1. The summed E-state index contributed by atoms with van der Waals surface area (Å²) in [5.41, 5.74) is 10.4. The van der Waals surface area contributed by atoms with Crippen LogP contribution in [0.5, 0.6) is 0 Å². The van der Waals surface area contributed by atoms with Crippen molar-refractivity contribution in [3.63, 3.8) is 0 Å². The normalized spacial score (nSPS) is 19.0. The number of thiazole rings is 1. The first-order valence-electron chi connectivity index (χ1n) is 11.7. The Hall–Kier alpha value is -2.69. The number of aromatic nitrogens is 5. The first-order chi connectivity index (χ1) is 16.3. The third-order valence-electron chi connectivity index (χ3n) is 6.36. The first kappa shape index (κ1) is 23.1. The van der Waals surface area contributed by atoms with E-state index in [1.54, 1.807) is 10.9 Å². The SMILES string of the molecule is Cc1csc(CC(=O)c2c3c(nn2CCOC2CCCCO2)-c2nc(N)ncc2CC3(C)C)n1. The third kappa shape index (κ3) is 4.49. The summed E-state index contributed by atoms with van der Waals surface area (Å²) in [5.74, 6) is 0.193. The van der Waals surface area contributed by atoms with Gasteiger partial charge in [0, 0.05) is 29.4 Å². The van der Waals surface area contributed by atoms with Crippen LogP contribution in [0, 0.1) is 6.92 Å². The quantitative estimate of drug-likeness (QED) is 0.509. The molecular weight excluding hydrogens is 452 g/mol. The van der Waals surface area contributed by atoms with E-state index in [2.05, 4.69) is 28.8 Å². The van der Waals surface area contributed by atoms with Gasteiger partial charge in [0.15, 0.2) is 12.1 Å². The highest BCUT2D eigenvalue weighted by atomic mass is 32.1. The number of nitrogen functional groups attached to an aromatic ring is 1. The molecule has 10 heteroatoms. The van der Waals surface area contributed by atoms with E-state index in [9.17, 15) is 4.79 Å². The van der Waals surface area contributed by atoms with Crippen LogP contribution in [0.3, 0.4) is 0 Å². The Kier molecular flexibility index (Phi) is 6.22. The van der Waals surface area contributed by atoms with Gasteiger partial charge in [0.2, 0.25) is 5.95 Å². The van der Waals surface area contributed by atoms with Crippen molar-refractivity contribution >= 4 is 23.1 Å². The van der Waals surface area contributed by atoms with E-state index in [-0.39, 0.29) is 29.9 Å². The number of fused-ring (bicyclic) bond motifs is 3. The Morgan fingerprint density at radius 1 is 1.32 bits per heavy atom. The van der Waals surface area contributed by atoms with Gasteiger partial charge < -0.3 is 15.2 Å². The Morgan fingerprint density at radius 3 is 2.91 bits per heavy atom. The lowest BCUT2D eigenvalue weighted by molar-refractivity contribution is -0.163. The summed E-state index contributed by atoms with van der Waals surface area (Å²) in [6.07, 6.45) is 5.57. The zero-order chi connectivity index (χ0) is 23.9. The molecule has 1 atom stereocenters. The second-order valence-electron chi connectivity index (χ2n) is 9.61. The molecule has 1 aliphatic heterocycles. The highest BCUT2D eigenvalue weighted by Gasteiger charge is 2.40. The zero-order valence-corrected chi connectivity index (χ0v) is 20.7. The van der Waals surface area contributed by atoms with Crippen LogP contribution in [-0.2, 0) is 34.3 Å². The molecule has 3 aromatic heterocycles. The number of carbonyl (C=O) groups is 1. The Balaban J connectivity index is 1.52. The summed E-state index contributed by atoms with van der Waals surface area (Å²) in [7, 11) is 0. The van der Waals surface area contributed by atoms with E-state index >= 15 is 0 Å². The van der Waals surface area contributed by atoms with Crippen molar-refractivity contribution < 1.29 is 14.3 Å². The number of rotatable bonds is 7. The molecule has 2 aliphatic rings. The van der Waals surface area contributed by atoms with Crippen LogP contribution in [0.4, 0.5) is 5.95 Å². The van der Waals surface area contributed by atoms with E-state index in [0.717, 1.165) is 47.7 Å². The molecule has 3 aromatic rings. The standard InChI is InChI=1S/C24H30N6O3S/c1-14-13-34-17(27-14)10-16(31)22-19-21(20-15(11-24(19,2)3)12-26-23(25)28-20)29-30(22)7-9-33-18-6-4-5-8-32-18/h12-13,18H,4-11H2,1-3H3,(H2,25,26,28). The largest absolute Gasteiger partial charge is 0.368 e. The fourth-order valence-corrected chi connectivity index (χ4v) is 5.62. The summed E-state index contributed by atoms with van der Waals surface area (Å²) >= 11 is 1.51. The number of nitrogens with two attached hydrogens (primary N) is 1. The average molecular weight is 483 g/mol. The monoisotopic (exact) mass is 482 g/mol. The molecule has 9 nitrogen and oxygen atoms in total. The Bertz CT molecular complexity index is 1210. The first-order valence-corrected chi connectivity index (χ1v) is 12.6. The fraction of sp³-hybridized carbons (Fsp3) is 0.542. The number of anilines is 1. The molecule has 1 unspecified atom stereocenters. The molecule has 0 radical (unpaired) electrons. The smallest absolute Gasteiger partial charge is 0.220 e. The summed E-state index contributed by atoms with van der Waals surface area (Å²) in [6.45, 7) is 7.77. The third-order valence-corrected chi connectivity index (χ3v) is 7.32. The molecule has 34 heavy (non-hydrogen) atoms.